The first kappa shape index (κ1) is 49.5. The average Bonchev–Trinajstić information content (AvgIpc) is 4.08. The minimum Gasteiger partial charge on any atom is -0.409 e. The molecule has 0 bridgehead atoms. The number of H-pyrrole nitrogens is 1. The molecule has 0 aliphatic carbocycles. The number of carbonyl (C=O) groups excluding carboxylic acids is 10. The Kier molecular flexibility index (Phi) is 15.0. The standard InChI is InChI=1S/C50H51N11O11/c1-58-19-21-59(22-20-58)50(71)72-40-26-39-34(33-5-2-3-6-35(33)40)16-18-60(39)49(70)38-24-30-23-32(12-13-36(30)56-38)55-47(68)29-8-10-31(11-9-29)54-43(64)28-53-48(69)37(25-41(51)62)57-44(65)27-52-42(63)7-4-17-61-45(66)14-15-46(61)67/h2-3,5-6,8-15,23-24,26,37,56H,4,7,16-22,25,27-28H2,1H3,(H2,51,62)(H,52,63)(H,53,69)(H,54,64)(H,55,68)(H,57,65)/t37-/m0/s1. The zero-order valence-corrected chi connectivity index (χ0v) is 39.1. The summed E-state index contributed by atoms with van der Waals surface area (Å²) in [5.41, 5.74) is 8.93. The number of primary amides is 1. The van der Waals surface area contributed by atoms with Gasteiger partial charge in [0.2, 0.25) is 29.5 Å². The lowest BCUT2D eigenvalue weighted by Gasteiger charge is -2.31. The van der Waals surface area contributed by atoms with E-state index in [-0.39, 0.29) is 30.9 Å². The molecule has 4 aromatic carbocycles. The summed E-state index contributed by atoms with van der Waals surface area (Å²) in [5, 5.41) is 14.8. The van der Waals surface area contributed by atoms with Crippen molar-refractivity contribution in [3.8, 4) is 5.75 Å². The number of benzene rings is 4. The van der Waals surface area contributed by atoms with E-state index in [1.165, 1.54) is 24.3 Å². The van der Waals surface area contributed by atoms with Gasteiger partial charge in [0.1, 0.15) is 17.5 Å². The second kappa shape index (κ2) is 21.8. The van der Waals surface area contributed by atoms with Crippen LogP contribution in [0.5, 0.6) is 5.75 Å². The molecule has 0 unspecified atom stereocenters. The number of rotatable bonds is 17. The Bertz CT molecular complexity index is 3030. The number of hydrogen-bond acceptors (Lipinski definition) is 12. The number of likely N-dealkylation sites (N-methyl/N-ethyl adjacent to an activating group) is 1. The largest absolute Gasteiger partial charge is 0.415 e. The number of carbonyl (C=O) groups is 10. The minimum absolute atomic E-state index is 0.0156. The van der Waals surface area contributed by atoms with Crippen LogP contribution < -0.4 is 42.0 Å². The Labute approximate surface area is 411 Å². The number of nitrogens with two attached hydrogens (primary N) is 1. The van der Waals surface area contributed by atoms with Crippen LogP contribution in [-0.2, 0) is 40.0 Å². The predicted octanol–water partition coefficient (Wildman–Crippen LogP) is 1.76. The van der Waals surface area contributed by atoms with Gasteiger partial charge in [0, 0.05) is 97.1 Å². The molecule has 1 aromatic heterocycles. The van der Waals surface area contributed by atoms with Crippen LogP contribution in [0, 0.1) is 0 Å². The van der Waals surface area contributed by atoms with Gasteiger partial charge < -0.3 is 56.7 Å². The molecule has 8 N–H and O–H groups in total. The summed E-state index contributed by atoms with van der Waals surface area (Å²) in [6.45, 7) is 1.93. The zero-order valence-electron chi connectivity index (χ0n) is 39.1. The number of amides is 10. The van der Waals surface area contributed by atoms with Gasteiger partial charge in [-0.05, 0) is 79.4 Å². The maximum atomic E-state index is 14.1. The van der Waals surface area contributed by atoms with Crippen LogP contribution >= 0.6 is 0 Å². The maximum absolute atomic E-state index is 14.1. The van der Waals surface area contributed by atoms with Gasteiger partial charge in [0.25, 0.3) is 23.6 Å². The molecule has 1 saturated heterocycles. The first-order valence-corrected chi connectivity index (χ1v) is 23.1. The van der Waals surface area contributed by atoms with E-state index < -0.39 is 78.9 Å². The normalized spacial score (nSPS) is 14.8. The van der Waals surface area contributed by atoms with E-state index >= 15 is 0 Å². The number of fused-ring (bicyclic) bond motifs is 4. The van der Waals surface area contributed by atoms with Crippen molar-refractivity contribution in [2.75, 3.05) is 74.9 Å². The molecule has 10 amide bonds. The molecular formula is C50H51N11O11. The van der Waals surface area contributed by atoms with Crippen LogP contribution in [0.2, 0.25) is 0 Å². The van der Waals surface area contributed by atoms with Crippen molar-refractivity contribution in [1.29, 1.82) is 0 Å². The lowest BCUT2D eigenvalue weighted by atomic mass is 10.0. The van der Waals surface area contributed by atoms with Gasteiger partial charge in [-0.25, -0.2) is 4.79 Å². The highest BCUT2D eigenvalue weighted by molar-refractivity contribution is 6.13. The van der Waals surface area contributed by atoms with E-state index in [9.17, 15) is 47.9 Å². The average molecular weight is 982 g/mol. The summed E-state index contributed by atoms with van der Waals surface area (Å²) in [6, 6.07) is 20.8. The third-order valence-electron chi connectivity index (χ3n) is 12.3. The fraction of sp³-hybridized carbons (Fsp3) is 0.280. The molecule has 5 aromatic rings. The summed E-state index contributed by atoms with van der Waals surface area (Å²) in [7, 11) is 2.01. The summed E-state index contributed by atoms with van der Waals surface area (Å²) < 4.78 is 5.99. The molecule has 8 rings (SSSR count). The van der Waals surface area contributed by atoms with E-state index in [2.05, 4.69) is 36.5 Å². The summed E-state index contributed by atoms with van der Waals surface area (Å²) in [4.78, 5) is 136. The van der Waals surface area contributed by atoms with Gasteiger partial charge in [0.05, 0.1) is 25.2 Å². The van der Waals surface area contributed by atoms with Crippen LogP contribution in [-0.4, -0.2) is 144 Å². The second-order valence-electron chi connectivity index (χ2n) is 17.4. The Hall–Kier alpha value is -8.92. The fourth-order valence-electron chi connectivity index (χ4n) is 8.53. The lowest BCUT2D eigenvalue weighted by Crippen LogP contribution is -2.52. The highest BCUT2D eigenvalue weighted by Crippen LogP contribution is 2.41. The first-order valence-electron chi connectivity index (χ1n) is 23.1. The van der Waals surface area contributed by atoms with Crippen LogP contribution in [0.4, 0.5) is 21.9 Å². The third kappa shape index (κ3) is 11.7. The number of aromatic amines is 1. The predicted molar refractivity (Wildman–Crippen MR) is 263 cm³/mol. The van der Waals surface area contributed by atoms with E-state index in [1.54, 1.807) is 40.1 Å². The summed E-state index contributed by atoms with van der Waals surface area (Å²) in [6.07, 6.45) is 1.88. The summed E-state index contributed by atoms with van der Waals surface area (Å²) >= 11 is 0. The molecule has 22 nitrogen and oxygen atoms in total. The van der Waals surface area contributed by atoms with E-state index in [0.29, 0.717) is 65.5 Å². The van der Waals surface area contributed by atoms with Crippen molar-refractivity contribution in [3.05, 3.63) is 108 Å². The van der Waals surface area contributed by atoms with Crippen molar-refractivity contribution in [2.45, 2.75) is 31.7 Å². The minimum atomic E-state index is -1.46. The Balaban J connectivity index is 0.814. The fourth-order valence-corrected chi connectivity index (χ4v) is 8.53. The van der Waals surface area contributed by atoms with Gasteiger partial charge in [-0.2, -0.15) is 0 Å². The van der Waals surface area contributed by atoms with Crippen molar-refractivity contribution < 1.29 is 52.7 Å². The first-order chi connectivity index (χ1) is 34.6. The zero-order chi connectivity index (χ0) is 51.1. The maximum Gasteiger partial charge on any atom is 0.415 e. The quantitative estimate of drug-likeness (QED) is 0.0657. The Morgan fingerprint density at radius 1 is 0.750 bits per heavy atom. The number of ether oxygens (including phenoxy) is 1. The van der Waals surface area contributed by atoms with E-state index in [4.69, 9.17) is 10.5 Å². The van der Waals surface area contributed by atoms with Crippen LogP contribution in [0.1, 0.15) is 45.7 Å². The molecule has 1 fully saturated rings. The molecule has 4 heterocycles. The number of aromatic nitrogens is 1. The lowest BCUT2D eigenvalue weighted by molar-refractivity contribution is -0.137. The number of piperazine rings is 1. The monoisotopic (exact) mass is 981 g/mol. The topological polar surface area (TPSA) is 295 Å². The molecule has 0 radical (unpaired) electrons. The SMILES string of the molecule is CN1CCN(C(=O)Oc2cc3c(c4ccccc24)CCN3C(=O)c2cc3cc(NC(=O)c4ccc(NC(=O)CNC(=O)[C@H](CC(N)=O)NC(=O)CNC(=O)CCCN5C(=O)C=CC5=O)cc4)ccc3[nH]2)CC1. The van der Waals surface area contributed by atoms with Gasteiger partial charge in [0.15, 0.2) is 0 Å². The number of hydrogen-bond donors (Lipinski definition) is 7. The molecule has 22 heteroatoms. The Morgan fingerprint density at radius 2 is 1.44 bits per heavy atom. The van der Waals surface area contributed by atoms with Gasteiger partial charge >= 0.3 is 6.09 Å². The number of nitrogens with zero attached hydrogens (tertiary/aromatic N) is 4. The number of anilines is 3. The Morgan fingerprint density at radius 3 is 2.17 bits per heavy atom. The molecule has 0 saturated carbocycles. The molecule has 1 atom stereocenters. The van der Waals surface area contributed by atoms with Crippen molar-refractivity contribution in [1.82, 2.24) is 35.6 Å². The van der Waals surface area contributed by atoms with E-state index in [0.717, 1.165) is 46.5 Å². The molecule has 3 aliphatic rings. The van der Waals surface area contributed by atoms with Crippen LogP contribution in [0.3, 0.4) is 0 Å². The van der Waals surface area contributed by atoms with E-state index in [1.807, 2.05) is 31.3 Å². The molecule has 72 heavy (non-hydrogen) atoms. The van der Waals surface area contributed by atoms with Gasteiger partial charge in [-0.15, -0.1) is 0 Å². The molecule has 3 aliphatic heterocycles. The van der Waals surface area contributed by atoms with Gasteiger partial charge in [-0.1, -0.05) is 24.3 Å². The van der Waals surface area contributed by atoms with Crippen LogP contribution in [0.15, 0.2) is 91.0 Å². The van der Waals surface area contributed by atoms with Crippen molar-refractivity contribution in [2.24, 2.45) is 5.73 Å². The smallest absolute Gasteiger partial charge is 0.409 e. The molecule has 0 spiro atoms. The number of nitrogens with one attached hydrogen (secondary N) is 6. The van der Waals surface area contributed by atoms with Crippen molar-refractivity contribution in [3.63, 3.8) is 0 Å². The highest BCUT2D eigenvalue weighted by atomic mass is 16.6. The van der Waals surface area contributed by atoms with Gasteiger partial charge in [-0.3, -0.25) is 48.1 Å². The molecule has 372 valence electrons. The van der Waals surface area contributed by atoms with Crippen LogP contribution in [0.25, 0.3) is 21.7 Å². The number of imide groups is 1. The summed E-state index contributed by atoms with van der Waals surface area (Å²) in [5.74, 6) is -5.17. The second-order valence-corrected chi connectivity index (χ2v) is 17.4. The third-order valence-corrected chi connectivity index (χ3v) is 12.3. The molecular weight excluding hydrogens is 931 g/mol. The van der Waals surface area contributed by atoms with Crippen molar-refractivity contribution >= 4 is 98.0 Å². The highest BCUT2D eigenvalue weighted by Gasteiger charge is 2.31.